The summed E-state index contributed by atoms with van der Waals surface area (Å²) in [5, 5.41) is 8.64. The minimum absolute atomic E-state index is 0.110. The first-order chi connectivity index (χ1) is 14.4. The Labute approximate surface area is 179 Å². The van der Waals surface area contributed by atoms with Gasteiger partial charge in [0.25, 0.3) is 0 Å². The molecule has 10 heteroatoms. The van der Waals surface area contributed by atoms with Gasteiger partial charge in [0.15, 0.2) is 0 Å². The van der Waals surface area contributed by atoms with Crippen LogP contribution in [0.3, 0.4) is 0 Å². The molecular formula is C20H22N4O4S2. The van der Waals surface area contributed by atoms with Crippen molar-refractivity contribution in [3.63, 3.8) is 0 Å². The fraction of sp³-hybridized carbons (Fsp3) is 0.350. The molecule has 30 heavy (non-hydrogen) atoms. The third-order valence-corrected chi connectivity index (χ3v) is 7.78. The first-order valence-corrected chi connectivity index (χ1v) is 12.0. The van der Waals surface area contributed by atoms with Crippen molar-refractivity contribution in [2.45, 2.75) is 31.2 Å². The van der Waals surface area contributed by atoms with E-state index in [9.17, 15) is 13.2 Å². The first-order valence-electron chi connectivity index (χ1n) is 9.64. The fourth-order valence-electron chi connectivity index (χ4n) is 3.37. The van der Waals surface area contributed by atoms with Crippen LogP contribution in [0.5, 0.6) is 0 Å². The van der Waals surface area contributed by atoms with Crippen LogP contribution in [-0.2, 0) is 21.4 Å². The lowest BCUT2D eigenvalue weighted by molar-refractivity contribution is -0.126. The average molecular weight is 447 g/mol. The lowest BCUT2D eigenvalue weighted by atomic mass is 9.99. The number of thiophene rings is 1. The van der Waals surface area contributed by atoms with Crippen LogP contribution in [0.15, 0.2) is 51.2 Å². The van der Waals surface area contributed by atoms with E-state index in [4.69, 9.17) is 4.52 Å². The molecule has 0 spiro atoms. The molecule has 8 nitrogen and oxygen atoms in total. The van der Waals surface area contributed by atoms with Gasteiger partial charge in [-0.3, -0.25) is 4.79 Å². The number of carbonyl (C=O) groups is 1. The third kappa shape index (κ3) is 4.45. The van der Waals surface area contributed by atoms with Crippen LogP contribution in [0.4, 0.5) is 0 Å². The second kappa shape index (κ2) is 8.66. The number of benzene rings is 1. The molecular weight excluding hydrogens is 424 g/mol. The zero-order chi connectivity index (χ0) is 21.1. The van der Waals surface area contributed by atoms with E-state index in [1.807, 2.05) is 24.4 Å². The number of aryl methyl sites for hydroxylation is 1. The second-order valence-corrected chi connectivity index (χ2v) is 10.1. The molecule has 3 heterocycles. The zero-order valence-corrected chi connectivity index (χ0v) is 18.1. The zero-order valence-electron chi connectivity index (χ0n) is 16.4. The molecule has 2 aromatic heterocycles. The minimum atomic E-state index is -3.62. The maximum Gasteiger partial charge on any atom is 0.246 e. The quantitative estimate of drug-likeness (QED) is 0.624. The molecule has 1 aliphatic heterocycles. The number of nitrogens with zero attached hydrogens (tertiary/aromatic N) is 3. The molecule has 0 unspecified atom stereocenters. The number of carbonyl (C=O) groups excluding carboxylic acids is 1. The fourth-order valence-corrected chi connectivity index (χ4v) is 5.55. The van der Waals surface area contributed by atoms with E-state index in [1.54, 1.807) is 24.3 Å². The molecule has 1 aliphatic rings. The lowest BCUT2D eigenvalue weighted by Gasteiger charge is -2.31. The molecule has 3 aromatic rings. The lowest BCUT2D eigenvalue weighted by Crippen LogP contribution is -2.45. The van der Waals surface area contributed by atoms with Crippen LogP contribution in [0.1, 0.15) is 24.3 Å². The Hall–Kier alpha value is -2.56. The van der Waals surface area contributed by atoms with Crippen molar-refractivity contribution in [3.8, 4) is 10.7 Å². The van der Waals surface area contributed by atoms with Gasteiger partial charge >= 0.3 is 0 Å². The van der Waals surface area contributed by atoms with Crippen molar-refractivity contribution in [2.75, 3.05) is 13.1 Å². The standard InChI is InChI=1S/C20H22N4O4S2/c1-14-6-8-16(9-7-14)30(26,27)24-10-2-4-15(13-24)20(25)21-12-18-22-19(23-28-18)17-5-3-11-29-17/h3,5-9,11,15H,2,4,10,12-13H2,1H3,(H,21,25)/t15-/m1/s1. The normalized spacial score (nSPS) is 17.7. The van der Waals surface area contributed by atoms with Crippen molar-refractivity contribution in [1.29, 1.82) is 0 Å². The number of rotatable bonds is 6. The molecule has 1 aromatic carbocycles. The summed E-state index contributed by atoms with van der Waals surface area (Å²) in [5.41, 5.74) is 0.994. The highest BCUT2D eigenvalue weighted by molar-refractivity contribution is 7.89. The SMILES string of the molecule is Cc1ccc(S(=O)(=O)N2CCC[C@@H](C(=O)NCc3nc(-c4cccs4)no3)C2)cc1. The maximum atomic E-state index is 12.9. The summed E-state index contributed by atoms with van der Waals surface area (Å²) in [6, 6.07) is 10.6. The molecule has 1 saturated heterocycles. The summed E-state index contributed by atoms with van der Waals surface area (Å²) in [5.74, 6) is 0.169. The molecule has 0 radical (unpaired) electrons. The van der Waals surface area contributed by atoms with Crippen molar-refractivity contribution in [1.82, 2.24) is 19.8 Å². The summed E-state index contributed by atoms with van der Waals surface area (Å²) in [7, 11) is -3.62. The molecule has 4 rings (SSSR count). The van der Waals surface area contributed by atoms with Crippen LogP contribution in [0, 0.1) is 12.8 Å². The van der Waals surface area contributed by atoms with E-state index in [1.165, 1.54) is 15.6 Å². The Morgan fingerprint density at radius 2 is 2.10 bits per heavy atom. The van der Waals surface area contributed by atoms with Gasteiger partial charge in [-0.05, 0) is 43.3 Å². The van der Waals surface area contributed by atoms with E-state index in [0.717, 1.165) is 10.4 Å². The van der Waals surface area contributed by atoms with Gasteiger partial charge in [-0.25, -0.2) is 8.42 Å². The van der Waals surface area contributed by atoms with E-state index >= 15 is 0 Å². The molecule has 1 atom stereocenters. The van der Waals surface area contributed by atoms with E-state index in [-0.39, 0.29) is 23.9 Å². The Balaban J connectivity index is 1.37. The number of hydrogen-bond acceptors (Lipinski definition) is 7. The van der Waals surface area contributed by atoms with E-state index < -0.39 is 15.9 Å². The number of nitrogens with one attached hydrogen (secondary N) is 1. The minimum Gasteiger partial charge on any atom is -0.347 e. The highest BCUT2D eigenvalue weighted by Crippen LogP contribution is 2.25. The Morgan fingerprint density at radius 1 is 1.30 bits per heavy atom. The van der Waals surface area contributed by atoms with Gasteiger partial charge in [0.1, 0.15) is 0 Å². The first kappa shape index (κ1) is 20.7. The number of aromatic nitrogens is 2. The van der Waals surface area contributed by atoms with E-state index in [0.29, 0.717) is 31.1 Å². The smallest absolute Gasteiger partial charge is 0.246 e. The van der Waals surface area contributed by atoms with Crippen molar-refractivity contribution < 1.29 is 17.7 Å². The second-order valence-electron chi connectivity index (χ2n) is 7.22. The third-order valence-electron chi connectivity index (χ3n) is 5.04. The van der Waals surface area contributed by atoms with Crippen LogP contribution in [0.25, 0.3) is 10.7 Å². The van der Waals surface area contributed by atoms with Gasteiger partial charge in [-0.15, -0.1) is 11.3 Å². The van der Waals surface area contributed by atoms with Gasteiger partial charge in [-0.2, -0.15) is 9.29 Å². The molecule has 1 N–H and O–H groups in total. The van der Waals surface area contributed by atoms with Crippen molar-refractivity contribution in [3.05, 3.63) is 53.2 Å². The molecule has 0 aliphatic carbocycles. The number of sulfonamides is 1. The number of amides is 1. The van der Waals surface area contributed by atoms with Gasteiger partial charge in [0.05, 0.1) is 22.2 Å². The van der Waals surface area contributed by atoms with Gasteiger partial charge in [0.2, 0.25) is 27.6 Å². The molecule has 1 amide bonds. The summed E-state index contributed by atoms with van der Waals surface area (Å²) in [4.78, 5) is 18.1. The van der Waals surface area contributed by atoms with Crippen LogP contribution < -0.4 is 5.32 Å². The molecule has 0 saturated carbocycles. The number of hydrogen-bond donors (Lipinski definition) is 1. The Morgan fingerprint density at radius 3 is 2.83 bits per heavy atom. The highest BCUT2D eigenvalue weighted by Gasteiger charge is 2.33. The van der Waals surface area contributed by atoms with Gasteiger partial charge in [-0.1, -0.05) is 28.9 Å². The number of piperidine rings is 1. The summed E-state index contributed by atoms with van der Waals surface area (Å²) in [6.07, 6.45) is 1.27. The molecule has 1 fully saturated rings. The van der Waals surface area contributed by atoms with Crippen LogP contribution >= 0.6 is 11.3 Å². The van der Waals surface area contributed by atoms with Gasteiger partial charge < -0.3 is 9.84 Å². The van der Waals surface area contributed by atoms with Crippen LogP contribution in [0.2, 0.25) is 0 Å². The van der Waals surface area contributed by atoms with Crippen LogP contribution in [-0.4, -0.2) is 41.9 Å². The van der Waals surface area contributed by atoms with Gasteiger partial charge in [0, 0.05) is 13.1 Å². The maximum absolute atomic E-state index is 12.9. The molecule has 0 bridgehead atoms. The summed E-state index contributed by atoms with van der Waals surface area (Å²) >= 11 is 1.50. The topological polar surface area (TPSA) is 105 Å². The average Bonchev–Trinajstić information content (AvgIpc) is 3.44. The van der Waals surface area contributed by atoms with Crippen molar-refractivity contribution >= 4 is 27.3 Å². The Kier molecular flexibility index (Phi) is 5.98. The predicted molar refractivity (Wildman–Crippen MR) is 112 cm³/mol. The van der Waals surface area contributed by atoms with E-state index in [2.05, 4.69) is 15.5 Å². The molecule has 158 valence electrons. The summed E-state index contributed by atoms with van der Waals surface area (Å²) < 4.78 is 32.4. The Bertz CT molecular complexity index is 1110. The summed E-state index contributed by atoms with van der Waals surface area (Å²) in [6.45, 7) is 2.59. The predicted octanol–water partition coefficient (Wildman–Crippen LogP) is 2.82. The largest absolute Gasteiger partial charge is 0.347 e. The van der Waals surface area contributed by atoms with Crippen molar-refractivity contribution in [2.24, 2.45) is 5.92 Å². The monoisotopic (exact) mass is 446 g/mol. The highest BCUT2D eigenvalue weighted by atomic mass is 32.2.